The maximum Gasteiger partial charge on any atom is 0.362 e. The summed E-state index contributed by atoms with van der Waals surface area (Å²) in [5.41, 5.74) is -1.14. The molecule has 2 unspecified atom stereocenters. The Morgan fingerprint density at radius 1 is 1.33 bits per heavy atom. The van der Waals surface area contributed by atoms with Gasteiger partial charge in [0.2, 0.25) is 6.41 Å². The highest BCUT2D eigenvalue weighted by atomic mass is 32.2. The van der Waals surface area contributed by atoms with E-state index in [0.29, 0.717) is 6.41 Å². The number of hydrogen-bond acceptors (Lipinski definition) is 14. The molecule has 0 spiro atoms. The molecule has 9 N–H and O–H groups in total. The molecule has 20 heteroatoms. The van der Waals surface area contributed by atoms with Gasteiger partial charge in [0, 0.05) is 11.4 Å². The van der Waals surface area contributed by atoms with E-state index in [1.807, 2.05) is 0 Å². The molecule has 3 heterocycles. The van der Waals surface area contributed by atoms with Crippen LogP contribution in [0.4, 0.5) is 10.8 Å². The van der Waals surface area contributed by atoms with Crippen LogP contribution in [0.3, 0.4) is 0 Å². The monoisotopic (exact) mass is 625 g/mol. The summed E-state index contributed by atoms with van der Waals surface area (Å²) in [6, 6.07) is -1.65. The molecule has 0 radical (unpaired) electrons. The fourth-order valence-corrected chi connectivity index (χ4v) is 5.90. The SMILES string of the molecule is CC1C(NC(=O)C(c2csc(NC=O)n2)=c2c(O)c(O)cc3c2=NC(CCCON)=C(C(=O)O)N3)C(=O)N1S(=O)(=O)O. The summed E-state index contributed by atoms with van der Waals surface area (Å²) in [5.74, 6) is -0.232. The number of nitrogens with one attached hydrogen (secondary N) is 3. The number of carbonyl (C=O) groups is 4. The zero-order valence-electron chi connectivity index (χ0n) is 21.4. The second-order valence-electron chi connectivity index (χ2n) is 8.83. The summed E-state index contributed by atoms with van der Waals surface area (Å²) in [5, 5.41) is 39.2. The maximum atomic E-state index is 13.7. The number of nitrogens with two attached hydrogens (primary N) is 1. The number of phenolic OH excluding ortho intramolecular Hbond substituents is 2. The quantitative estimate of drug-likeness (QED) is 0.0251. The number of β-lactam (4-membered cyclic amide) rings is 1. The van der Waals surface area contributed by atoms with Crippen molar-refractivity contribution in [3.8, 4) is 11.5 Å². The number of carbonyl (C=O) groups excluding carboxylic acids is 3. The molecule has 2 aromatic rings. The molecule has 2 aliphatic heterocycles. The van der Waals surface area contributed by atoms with Crippen molar-refractivity contribution in [1.29, 1.82) is 0 Å². The van der Waals surface area contributed by atoms with Crippen molar-refractivity contribution in [3.63, 3.8) is 0 Å². The molecular formula is C22H23N7O11S2. The molecule has 1 aromatic heterocycles. The van der Waals surface area contributed by atoms with E-state index in [0.717, 1.165) is 17.4 Å². The third-order valence-corrected chi connectivity index (χ3v) is 8.01. The van der Waals surface area contributed by atoms with Crippen molar-refractivity contribution >= 4 is 62.2 Å². The average Bonchev–Trinajstić information content (AvgIpc) is 3.37. The zero-order chi connectivity index (χ0) is 30.9. The number of amides is 3. The Kier molecular flexibility index (Phi) is 8.45. The van der Waals surface area contributed by atoms with Crippen LogP contribution < -0.4 is 32.4 Å². The number of thiazole rings is 1. The van der Waals surface area contributed by atoms with Gasteiger partial charge in [-0.1, -0.05) is 0 Å². The molecule has 42 heavy (non-hydrogen) atoms. The number of phenols is 2. The molecule has 224 valence electrons. The highest BCUT2D eigenvalue weighted by Crippen LogP contribution is 2.29. The Bertz CT molecular complexity index is 1750. The van der Waals surface area contributed by atoms with Gasteiger partial charge in [-0.15, -0.1) is 11.3 Å². The van der Waals surface area contributed by atoms with Gasteiger partial charge in [0.15, 0.2) is 16.6 Å². The van der Waals surface area contributed by atoms with Gasteiger partial charge in [0.05, 0.1) is 45.9 Å². The van der Waals surface area contributed by atoms with Crippen LogP contribution in [-0.2, 0) is 34.3 Å². The van der Waals surface area contributed by atoms with E-state index < -0.39 is 62.5 Å². The number of carboxylic acid groups (broad SMARTS) is 1. The normalized spacial score (nSPS) is 18.7. The number of aromatic nitrogens is 1. The van der Waals surface area contributed by atoms with Crippen molar-refractivity contribution < 1.29 is 52.3 Å². The summed E-state index contributed by atoms with van der Waals surface area (Å²) < 4.78 is 32.5. The predicted molar refractivity (Wildman–Crippen MR) is 142 cm³/mol. The Hall–Kier alpha value is -4.63. The minimum absolute atomic E-state index is 0.0219. The number of rotatable bonds is 11. The lowest BCUT2D eigenvalue weighted by Gasteiger charge is -2.42. The molecule has 1 saturated heterocycles. The Labute approximate surface area is 239 Å². The molecule has 0 aliphatic carbocycles. The summed E-state index contributed by atoms with van der Waals surface area (Å²) in [6.45, 7) is 1.29. The molecule has 4 rings (SSSR count). The van der Waals surface area contributed by atoms with E-state index in [9.17, 15) is 47.5 Å². The van der Waals surface area contributed by atoms with E-state index in [1.54, 1.807) is 0 Å². The number of aliphatic carboxylic acids is 1. The smallest absolute Gasteiger partial charge is 0.362 e. The number of allylic oxidation sites excluding steroid dienone is 1. The van der Waals surface area contributed by atoms with Gasteiger partial charge < -0.3 is 36.1 Å². The van der Waals surface area contributed by atoms with Gasteiger partial charge in [-0.25, -0.2) is 25.0 Å². The van der Waals surface area contributed by atoms with Crippen LogP contribution in [0.25, 0.3) is 5.57 Å². The number of fused-ring (bicyclic) bond motifs is 1. The van der Waals surface area contributed by atoms with Crippen LogP contribution in [0.5, 0.6) is 11.5 Å². The summed E-state index contributed by atoms with van der Waals surface area (Å²) in [7, 11) is -4.91. The van der Waals surface area contributed by atoms with E-state index in [2.05, 4.69) is 30.8 Å². The number of aromatic hydroxyl groups is 2. The zero-order valence-corrected chi connectivity index (χ0v) is 23.0. The first kappa shape index (κ1) is 30.3. The van der Waals surface area contributed by atoms with Crippen molar-refractivity contribution in [3.05, 3.63) is 39.1 Å². The molecule has 3 amide bonds. The van der Waals surface area contributed by atoms with Gasteiger partial charge in [0.25, 0.3) is 11.8 Å². The lowest BCUT2D eigenvalue weighted by Crippen LogP contribution is -2.70. The first-order valence-corrected chi connectivity index (χ1v) is 14.1. The van der Waals surface area contributed by atoms with Crippen molar-refractivity contribution in [2.75, 3.05) is 17.2 Å². The molecule has 2 aliphatic rings. The van der Waals surface area contributed by atoms with Crippen LogP contribution in [0.15, 0.2) is 27.8 Å². The van der Waals surface area contributed by atoms with Gasteiger partial charge >= 0.3 is 16.3 Å². The molecule has 18 nitrogen and oxygen atoms in total. The fourth-order valence-electron chi connectivity index (χ4n) is 4.36. The van der Waals surface area contributed by atoms with E-state index in [1.165, 1.54) is 12.3 Å². The van der Waals surface area contributed by atoms with Crippen molar-refractivity contribution in [2.24, 2.45) is 10.9 Å². The van der Waals surface area contributed by atoms with Crippen LogP contribution in [-0.4, -0.2) is 80.5 Å². The van der Waals surface area contributed by atoms with Crippen LogP contribution in [0, 0.1) is 0 Å². The lowest BCUT2D eigenvalue weighted by atomic mass is 9.99. The molecule has 1 fully saturated rings. The number of benzene rings is 1. The Balaban J connectivity index is 1.97. The van der Waals surface area contributed by atoms with Crippen molar-refractivity contribution in [2.45, 2.75) is 31.8 Å². The van der Waals surface area contributed by atoms with Gasteiger partial charge in [0.1, 0.15) is 11.7 Å². The lowest BCUT2D eigenvalue weighted by molar-refractivity contribution is -0.144. The Morgan fingerprint density at radius 2 is 2.05 bits per heavy atom. The topological polar surface area (TPSA) is 283 Å². The van der Waals surface area contributed by atoms with Gasteiger partial charge in [-0.3, -0.25) is 18.9 Å². The summed E-state index contributed by atoms with van der Waals surface area (Å²) in [4.78, 5) is 62.1. The van der Waals surface area contributed by atoms with Crippen LogP contribution >= 0.6 is 11.3 Å². The molecule has 2 atom stereocenters. The maximum absolute atomic E-state index is 13.7. The second kappa shape index (κ2) is 11.7. The van der Waals surface area contributed by atoms with E-state index in [4.69, 9.17) is 5.90 Å². The van der Waals surface area contributed by atoms with Gasteiger partial charge in [-0.2, -0.15) is 8.42 Å². The number of carboxylic acids is 1. The van der Waals surface area contributed by atoms with Crippen LogP contribution in [0.1, 0.15) is 25.5 Å². The minimum Gasteiger partial charge on any atom is -0.504 e. The predicted octanol–water partition coefficient (Wildman–Crippen LogP) is -2.15. The highest BCUT2D eigenvalue weighted by molar-refractivity contribution is 7.84. The summed E-state index contributed by atoms with van der Waals surface area (Å²) in [6.07, 6.45) is 0.583. The average molecular weight is 626 g/mol. The number of hydrogen-bond donors (Lipinski definition) is 8. The first-order valence-electron chi connectivity index (χ1n) is 11.8. The number of nitrogens with zero attached hydrogens (tertiary/aromatic N) is 3. The van der Waals surface area contributed by atoms with Gasteiger partial charge in [-0.05, 0) is 19.8 Å². The summed E-state index contributed by atoms with van der Waals surface area (Å²) >= 11 is 0.879. The fraction of sp³-hybridized carbons (Fsp3) is 0.273. The third kappa shape index (κ3) is 5.60. The third-order valence-electron chi connectivity index (χ3n) is 6.23. The molecule has 1 aromatic carbocycles. The second-order valence-corrected chi connectivity index (χ2v) is 11.0. The Morgan fingerprint density at radius 3 is 2.64 bits per heavy atom. The highest BCUT2D eigenvalue weighted by Gasteiger charge is 2.51. The molecular weight excluding hydrogens is 602 g/mol. The van der Waals surface area contributed by atoms with E-state index in [-0.39, 0.29) is 57.0 Å². The van der Waals surface area contributed by atoms with Crippen molar-refractivity contribution in [1.82, 2.24) is 14.6 Å². The first-order chi connectivity index (χ1) is 19.8. The molecule has 0 bridgehead atoms. The minimum atomic E-state index is -4.91. The van der Waals surface area contributed by atoms with Crippen LogP contribution in [0.2, 0.25) is 0 Å². The molecule has 0 saturated carbocycles. The standard InChI is InChI=1S/C22H23N7O11S2/c1-8-15(20(34)29(8)42(37,38)39)28-19(33)13(11-6-41-22(27-11)24-7-30)14-16-10(5-12(31)18(14)32)26-17(21(35)36)9(25-16)3-2-4-40-23/h5-8,15,26,31-32H,2-4,23H2,1H3,(H,28,33)(H,35,36)(H,24,27,30)(H,37,38,39). The van der Waals surface area contributed by atoms with E-state index >= 15 is 0 Å². The number of anilines is 2. The largest absolute Gasteiger partial charge is 0.504 e.